The minimum Gasteiger partial charge on any atom is -0.490 e. The number of hydrogen-bond acceptors (Lipinski definition) is 4. The predicted molar refractivity (Wildman–Crippen MR) is 99.9 cm³/mol. The van der Waals surface area contributed by atoms with E-state index in [1.807, 2.05) is 19.1 Å². The number of benzene rings is 1. The largest absolute Gasteiger partial charge is 0.490 e. The molecule has 0 heterocycles. The molecule has 138 valence electrons. The van der Waals surface area contributed by atoms with Crippen LogP contribution in [0.5, 0.6) is 11.5 Å². The van der Waals surface area contributed by atoms with Crippen LogP contribution in [0.25, 0.3) is 0 Å². The van der Waals surface area contributed by atoms with Crippen molar-refractivity contribution in [3.63, 3.8) is 0 Å². The molecule has 0 saturated carbocycles. The third kappa shape index (κ3) is 9.14. The minimum absolute atomic E-state index is 0.225. The molecule has 0 radical (unpaired) electrons. The van der Waals surface area contributed by atoms with Gasteiger partial charge in [-0.2, -0.15) is 0 Å². The SMILES string of the molecule is CCCCCCCCOc1ccc(CNCCCO)cc1OCC. The predicted octanol–water partition coefficient (Wildman–Crippen LogP) is 4.30. The second-order valence-electron chi connectivity index (χ2n) is 6.08. The Morgan fingerprint density at radius 3 is 2.46 bits per heavy atom. The molecule has 0 aliphatic rings. The molecule has 0 atom stereocenters. The topological polar surface area (TPSA) is 50.7 Å². The number of aliphatic hydroxyl groups is 1. The second-order valence-corrected chi connectivity index (χ2v) is 6.08. The molecule has 0 aromatic heterocycles. The molecule has 0 amide bonds. The van der Waals surface area contributed by atoms with E-state index in [0.29, 0.717) is 6.61 Å². The molecule has 1 aromatic carbocycles. The van der Waals surface area contributed by atoms with Gasteiger partial charge in [-0.15, -0.1) is 0 Å². The summed E-state index contributed by atoms with van der Waals surface area (Å²) in [5, 5.41) is 12.1. The van der Waals surface area contributed by atoms with E-state index in [0.717, 1.165) is 44.0 Å². The molecule has 0 saturated heterocycles. The average Bonchev–Trinajstić information content (AvgIpc) is 2.59. The quantitative estimate of drug-likeness (QED) is 0.469. The summed E-state index contributed by atoms with van der Waals surface area (Å²) in [4.78, 5) is 0. The molecule has 24 heavy (non-hydrogen) atoms. The fourth-order valence-electron chi connectivity index (χ4n) is 2.55. The van der Waals surface area contributed by atoms with Gasteiger partial charge in [0.1, 0.15) is 0 Å². The summed E-state index contributed by atoms with van der Waals surface area (Å²) in [5.41, 5.74) is 1.17. The van der Waals surface area contributed by atoms with Gasteiger partial charge in [-0.1, -0.05) is 45.1 Å². The van der Waals surface area contributed by atoms with Gasteiger partial charge in [-0.25, -0.2) is 0 Å². The van der Waals surface area contributed by atoms with E-state index in [4.69, 9.17) is 14.6 Å². The molecule has 4 nitrogen and oxygen atoms in total. The number of nitrogens with one attached hydrogen (secondary N) is 1. The first kappa shape index (κ1) is 20.8. The van der Waals surface area contributed by atoms with Crippen LogP contribution < -0.4 is 14.8 Å². The zero-order valence-corrected chi connectivity index (χ0v) is 15.5. The molecular formula is C20H35NO3. The first-order chi connectivity index (χ1) is 11.8. The first-order valence-electron chi connectivity index (χ1n) is 9.51. The molecule has 2 N–H and O–H groups in total. The number of aliphatic hydroxyl groups excluding tert-OH is 1. The van der Waals surface area contributed by atoms with Gasteiger partial charge in [-0.05, 0) is 44.0 Å². The van der Waals surface area contributed by atoms with Crippen molar-refractivity contribution in [3.8, 4) is 11.5 Å². The lowest BCUT2D eigenvalue weighted by atomic mass is 10.1. The first-order valence-corrected chi connectivity index (χ1v) is 9.51. The van der Waals surface area contributed by atoms with Crippen LogP contribution in [-0.4, -0.2) is 31.5 Å². The zero-order valence-electron chi connectivity index (χ0n) is 15.5. The van der Waals surface area contributed by atoms with Crippen LogP contribution in [0.15, 0.2) is 18.2 Å². The Hall–Kier alpha value is -1.26. The molecule has 0 aliphatic carbocycles. The molecule has 1 aromatic rings. The monoisotopic (exact) mass is 337 g/mol. The Balaban J connectivity index is 2.39. The fourth-order valence-corrected chi connectivity index (χ4v) is 2.55. The molecular weight excluding hydrogens is 302 g/mol. The van der Waals surface area contributed by atoms with Crippen molar-refractivity contribution in [2.24, 2.45) is 0 Å². The van der Waals surface area contributed by atoms with E-state index in [1.54, 1.807) is 0 Å². The molecule has 0 spiro atoms. The Morgan fingerprint density at radius 2 is 1.71 bits per heavy atom. The Kier molecular flexibility index (Phi) is 12.2. The number of unbranched alkanes of at least 4 members (excludes halogenated alkanes) is 5. The molecule has 1 rings (SSSR count). The molecule has 0 bridgehead atoms. The summed E-state index contributed by atoms with van der Waals surface area (Å²) in [5.74, 6) is 1.66. The molecule has 0 fully saturated rings. The van der Waals surface area contributed by atoms with Crippen molar-refractivity contribution in [2.75, 3.05) is 26.4 Å². The van der Waals surface area contributed by atoms with E-state index in [1.165, 1.54) is 37.7 Å². The van der Waals surface area contributed by atoms with Crippen molar-refractivity contribution in [1.82, 2.24) is 5.32 Å². The third-order valence-electron chi connectivity index (χ3n) is 3.90. The van der Waals surface area contributed by atoms with Crippen LogP contribution in [0.1, 0.15) is 64.4 Å². The maximum absolute atomic E-state index is 8.80. The van der Waals surface area contributed by atoms with E-state index in [2.05, 4.69) is 18.3 Å². The van der Waals surface area contributed by atoms with E-state index >= 15 is 0 Å². The highest BCUT2D eigenvalue weighted by molar-refractivity contribution is 5.43. The van der Waals surface area contributed by atoms with Crippen LogP contribution in [0.4, 0.5) is 0 Å². The molecule has 0 aliphatic heterocycles. The summed E-state index contributed by atoms with van der Waals surface area (Å²) >= 11 is 0. The molecule has 0 unspecified atom stereocenters. The van der Waals surface area contributed by atoms with Gasteiger partial charge in [-0.3, -0.25) is 0 Å². The van der Waals surface area contributed by atoms with E-state index < -0.39 is 0 Å². The van der Waals surface area contributed by atoms with E-state index in [9.17, 15) is 0 Å². The van der Waals surface area contributed by atoms with Crippen molar-refractivity contribution in [1.29, 1.82) is 0 Å². The standard InChI is InChI=1S/C20H35NO3/c1-3-5-6-7-8-9-15-24-19-12-11-18(16-20(19)23-4-2)17-21-13-10-14-22/h11-12,16,21-22H,3-10,13-15,17H2,1-2H3. The van der Waals surface area contributed by atoms with Crippen molar-refractivity contribution in [2.45, 2.75) is 65.3 Å². The van der Waals surface area contributed by atoms with E-state index in [-0.39, 0.29) is 6.61 Å². The number of hydrogen-bond donors (Lipinski definition) is 2. The summed E-state index contributed by atoms with van der Waals surface area (Å²) in [7, 11) is 0. The van der Waals surface area contributed by atoms with Gasteiger partial charge >= 0.3 is 0 Å². The summed E-state index contributed by atoms with van der Waals surface area (Å²) in [6, 6.07) is 6.13. The minimum atomic E-state index is 0.225. The zero-order chi connectivity index (χ0) is 17.5. The Labute approximate surface area is 147 Å². The number of ether oxygens (including phenoxy) is 2. The van der Waals surface area contributed by atoms with Gasteiger partial charge in [0.2, 0.25) is 0 Å². The lowest BCUT2D eigenvalue weighted by Gasteiger charge is -2.14. The highest BCUT2D eigenvalue weighted by Gasteiger charge is 2.06. The molecule has 4 heteroatoms. The Bertz CT molecular complexity index is 423. The summed E-state index contributed by atoms with van der Waals surface area (Å²) < 4.78 is 11.6. The number of rotatable bonds is 15. The fraction of sp³-hybridized carbons (Fsp3) is 0.700. The second kappa shape index (κ2) is 14.1. The van der Waals surface area contributed by atoms with Gasteiger partial charge in [0.25, 0.3) is 0 Å². The summed E-state index contributed by atoms with van der Waals surface area (Å²) in [6.07, 6.45) is 8.36. The van der Waals surface area contributed by atoms with Crippen LogP contribution in [0, 0.1) is 0 Å². The third-order valence-corrected chi connectivity index (χ3v) is 3.90. The van der Waals surface area contributed by atoms with Gasteiger partial charge < -0.3 is 19.9 Å². The van der Waals surface area contributed by atoms with Crippen LogP contribution >= 0.6 is 0 Å². The highest BCUT2D eigenvalue weighted by Crippen LogP contribution is 2.28. The van der Waals surface area contributed by atoms with Crippen molar-refractivity contribution >= 4 is 0 Å². The normalized spacial score (nSPS) is 10.8. The Morgan fingerprint density at radius 1 is 0.917 bits per heavy atom. The van der Waals surface area contributed by atoms with Crippen LogP contribution in [-0.2, 0) is 6.54 Å². The summed E-state index contributed by atoms with van der Waals surface area (Å²) in [6.45, 7) is 7.43. The van der Waals surface area contributed by atoms with Crippen molar-refractivity contribution < 1.29 is 14.6 Å². The van der Waals surface area contributed by atoms with Gasteiger partial charge in [0.15, 0.2) is 11.5 Å². The highest BCUT2D eigenvalue weighted by atomic mass is 16.5. The lowest BCUT2D eigenvalue weighted by molar-refractivity contribution is 0.270. The van der Waals surface area contributed by atoms with Gasteiger partial charge in [0, 0.05) is 13.2 Å². The average molecular weight is 338 g/mol. The van der Waals surface area contributed by atoms with Crippen molar-refractivity contribution in [3.05, 3.63) is 23.8 Å². The van der Waals surface area contributed by atoms with Crippen LogP contribution in [0.2, 0.25) is 0 Å². The smallest absolute Gasteiger partial charge is 0.161 e. The maximum Gasteiger partial charge on any atom is 0.161 e. The van der Waals surface area contributed by atoms with Gasteiger partial charge in [0.05, 0.1) is 13.2 Å². The maximum atomic E-state index is 8.80. The van der Waals surface area contributed by atoms with Crippen LogP contribution in [0.3, 0.4) is 0 Å². The lowest BCUT2D eigenvalue weighted by Crippen LogP contribution is -2.15.